The van der Waals surface area contributed by atoms with Crippen LogP contribution in [0.5, 0.6) is 5.75 Å². The number of thiazole rings is 1. The van der Waals surface area contributed by atoms with Gasteiger partial charge in [-0.25, -0.2) is 4.98 Å². The number of aromatic nitrogens is 1. The Morgan fingerprint density at radius 1 is 1.14 bits per heavy atom. The smallest absolute Gasteiger partial charge is 0.263 e. The van der Waals surface area contributed by atoms with Crippen LogP contribution in [-0.2, 0) is 11.2 Å². The molecule has 3 rings (SSSR count). The molecule has 0 saturated carbocycles. The molecule has 0 aliphatic heterocycles. The normalized spacial score (nSPS) is 11.3. The molecule has 6 heteroatoms. The summed E-state index contributed by atoms with van der Waals surface area (Å²) in [6.07, 6.45) is 0.749. The number of benzene rings is 2. The Bertz CT molecular complexity index is 934. The van der Waals surface area contributed by atoms with E-state index in [2.05, 4.69) is 39.9 Å². The van der Waals surface area contributed by atoms with Crippen molar-refractivity contribution >= 4 is 28.8 Å². The van der Waals surface area contributed by atoms with Crippen molar-refractivity contribution in [3.8, 4) is 17.0 Å². The molecular weight excluding hydrogens is 392 g/mol. The molecule has 2 aromatic carbocycles. The van der Waals surface area contributed by atoms with E-state index in [0.29, 0.717) is 17.3 Å². The Kier molecular flexibility index (Phi) is 6.37. The van der Waals surface area contributed by atoms with Gasteiger partial charge in [0.15, 0.2) is 5.60 Å². The maximum Gasteiger partial charge on any atom is 0.263 e. The van der Waals surface area contributed by atoms with E-state index in [9.17, 15) is 4.79 Å². The summed E-state index contributed by atoms with van der Waals surface area (Å²) in [4.78, 5) is 17.0. The minimum Gasteiger partial charge on any atom is -0.478 e. The monoisotopic (exact) mass is 414 g/mol. The van der Waals surface area contributed by atoms with Gasteiger partial charge in [0.05, 0.1) is 10.7 Å². The van der Waals surface area contributed by atoms with Crippen LogP contribution in [0.4, 0.5) is 0 Å². The van der Waals surface area contributed by atoms with Crippen molar-refractivity contribution in [1.29, 1.82) is 0 Å². The Labute approximate surface area is 174 Å². The maximum absolute atomic E-state index is 12.5. The molecular formula is C22H23ClN2O2S. The van der Waals surface area contributed by atoms with Gasteiger partial charge >= 0.3 is 0 Å². The van der Waals surface area contributed by atoms with Crippen LogP contribution in [0.3, 0.4) is 0 Å². The number of nitrogens with zero attached hydrogens (tertiary/aromatic N) is 1. The van der Waals surface area contributed by atoms with Gasteiger partial charge in [-0.3, -0.25) is 4.79 Å². The van der Waals surface area contributed by atoms with E-state index in [-0.39, 0.29) is 5.91 Å². The van der Waals surface area contributed by atoms with Gasteiger partial charge in [0.25, 0.3) is 5.91 Å². The van der Waals surface area contributed by atoms with E-state index in [0.717, 1.165) is 28.2 Å². The lowest BCUT2D eigenvalue weighted by Crippen LogP contribution is -2.47. The van der Waals surface area contributed by atoms with E-state index in [1.165, 1.54) is 0 Å². The molecule has 4 nitrogen and oxygen atoms in total. The second-order valence-electron chi connectivity index (χ2n) is 7.02. The standard InChI is InChI=1S/C22H23ClN2O2S/c1-15-25-20(14-28-15)17-6-4-16(5-7-17)12-13-24-21(26)22(2,3)27-19-10-8-18(23)9-11-19/h4-11,14H,12-13H2,1-3H3,(H,24,26). The van der Waals surface area contributed by atoms with Crippen LogP contribution >= 0.6 is 22.9 Å². The molecule has 28 heavy (non-hydrogen) atoms. The summed E-state index contributed by atoms with van der Waals surface area (Å²) >= 11 is 7.53. The highest BCUT2D eigenvalue weighted by Gasteiger charge is 2.29. The first kappa shape index (κ1) is 20.4. The Hall–Kier alpha value is -2.37. The SMILES string of the molecule is Cc1nc(-c2ccc(CCNC(=O)C(C)(C)Oc3ccc(Cl)cc3)cc2)cs1. The first-order chi connectivity index (χ1) is 13.3. The molecule has 0 aliphatic carbocycles. The number of carbonyl (C=O) groups is 1. The number of aryl methyl sites for hydroxylation is 1. The van der Waals surface area contributed by atoms with Crippen molar-refractivity contribution in [2.45, 2.75) is 32.8 Å². The van der Waals surface area contributed by atoms with Crippen LogP contribution in [0.25, 0.3) is 11.3 Å². The van der Waals surface area contributed by atoms with E-state index in [1.54, 1.807) is 49.4 Å². The van der Waals surface area contributed by atoms with Crippen molar-refractivity contribution < 1.29 is 9.53 Å². The van der Waals surface area contributed by atoms with Crippen molar-refractivity contribution in [2.75, 3.05) is 6.54 Å². The minimum absolute atomic E-state index is 0.156. The number of hydrogen-bond acceptors (Lipinski definition) is 4. The predicted molar refractivity (Wildman–Crippen MR) is 115 cm³/mol. The van der Waals surface area contributed by atoms with Gasteiger partial charge in [-0.2, -0.15) is 0 Å². The number of nitrogens with one attached hydrogen (secondary N) is 1. The van der Waals surface area contributed by atoms with Crippen LogP contribution in [0, 0.1) is 6.92 Å². The second kappa shape index (κ2) is 8.76. The topological polar surface area (TPSA) is 51.2 Å². The van der Waals surface area contributed by atoms with Gasteiger partial charge in [0.1, 0.15) is 5.75 Å². The van der Waals surface area contributed by atoms with E-state index in [1.807, 2.05) is 6.92 Å². The molecule has 0 saturated heterocycles. The van der Waals surface area contributed by atoms with E-state index < -0.39 is 5.60 Å². The molecule has 0 spiro atoms. The molecule has 146 valence electrons. The van der Waals surface area contributed by atoms with Crippen LogP contribution in [0.2, 0.25) is 5.02 Å². The second-order valence-corrected chi connectivity index (χ2v) is 8.52. The summed E-state index contributed by atoms with van der Waals surface area (Å²) < 4.78 is 5.81. The molecule has 0 bridgehead atoms. The van der Waals surface area contributed by atoms with Gasteiger partial charge in [-0.1, -0.05) is 35.9 Å². The summed E-state index contributed by atoms with van der Waals surface area (Å²) in [7, 11) is 0. The van der Waals surface area contributed by atoms with Crippen molar-refractivity contribution in [3.63, 3.8) is 0 Å². The van der Waals surface area contributed by atoms with E-state index >= 15 is 0 Å². The first-order valence-corrected chi connectivity index (χ1v) is 10.3. The van der Waals surface area contributed by atoms with Crippen molar-refractivity contribution in [3.05, 3.63) is 69.5 Å². The molecule has 1 heterocycles. The molecule has 1 N–H and O–H groups in total. The van der Waals surface area contributed by atoms with E-state index in [4.69, 9.17) is 16.3 Å². The number of halogens is 1. The molecule has 1 amide bonds. The molecule has 0 unspecified atom stereocenters. The largest absolute Gasteiger partial charge is 0.478 e. The lowest BCUT2D eigenvalue weighted by atomic mass is 10.1. The van der Waals surface area contributed by atoms with Crippen molar-refractivity contribution in [2.24, 2.45) is 0 Å². The summed E-state index contributed by atoms with van der Waals surface area (Å²) in [5, 5.41) is 6.71. The third-order valence-corrected chi connectivity index (χ3v) is 5.33. The highest BCUT2D eigenvalue weighted by molar-refractivity contribution is 7.09. The average molecular weight is 415 g/mol. The third-order valence-electron chi connectivity index (χ3n) is 4.30. The summed E-state index contributed by atoms with van der Waals surface area (Å²) in [6.45, 7) is 6.05. The Morgan fingerprint density at radius 2 is 1.82 bits per heavy atom. The molecule has 0 aliphatic rings. The Balaban J connectivity index is 1.50. The molecule has 1 aromatic heterocycles. The predicted octanol–water partition coefficient (Wildman–Crippen LogP) is 5.29. The summed E-state index contributed by atoms with van der Waals surface area (Å²) in [6, 6.07) is 15.3. The average Bonchev–Trinajstić information content (AvgIpc) is 3.10. The molecule has 0 radical (unpaired) electrons. The fourth-order valence-electron chi connectivity index (χ4n) is 2.72. The fraction of sp³-hybridized carbons (Fsp3) is 0.273. The van der Waals surface area contributed by atoms with Crippen LogP contribution in [0.15, 0.2) is 53.9 Å². The number of hydrogen-bond donors (Lipinski definition) is 1. The van der Waals surface area contributed by atoms with Gasteiger partial charge in [0.2, 0.25) is 0 Å². The van der Waals surface area contributed by atoms with Crippen molar-refractivity contribution in [1.82, 2.24) is 10.3 Å². The lowest BCUT2D eigenvalue weighted by Gasteiger charge is -2.25. The third kappa shape index (κ3) is 5.33. The number of rotatable bonds is 7. The number of ether oxygens (including phenoxy) is 1. The quantitative estimate of drug-likeness (QED) is 0.571. The molecule has 0 atom stereocenters. The summed E-state index contributed by atoms with van der Waals surface area (Å²) in [5.74, 6) is 0.453. The highest BCUT2D eigenvalue weighted by Crippen LogP contribution is 2.22. The Morgan fingerprint density at radius 3 is 2.43 bits per heavy atom. The minimum atomic E-state index is -0.972. The number of amides is 1. The maximum atomic E-state index is 12.5. The zero-order chi connectivity index (χ0) is 20.1. The number of carbonyl (C=O) groups excluding carboxylic acids is 1. The van der Waals surface area contributed by atoms with Gasteiger partial charge in [-0.15, -0.1) is 11.3 Å². The molecule has 3 aromatic rings. The summed E-state index contributed by atoms with van der Waals surface area (Å²) in [5.41, 5.74) is 2.30. The highest BCUT2D eigenvalue weighted by atomic mass is 35.5. The fourth-order valence-corrected chi connectivity index (χ4v) is 3.46. The molecule has 0 fully saturated rings. The first-order valence-electron chi connectivity index (χ1n) is 9.08. The van der Waals surface area contributed by atoms with Gasteiger partial charge < -0.3 is 10.1 Å². The zero-order valence-corrected chi connectivity index (χ0v) is 17.7. The van der Waals surface area contributed by atoms with Crippen LogP contribution in [0.1, 0.15) is 24.4 Å². The lowest BCUT2D eigenvalue weighted by molar-refractivity contribution is -0.134. The zero-order valence-electron chi connectivity index (χ0n) is 16.2. The van der Waals surface area contributed by atoms with Gasteiger partial charge in [-0.05, 0) is 57.0 Å². The van der Waals surface area contributed by atoms with Crippen LogP contribution in [-0.4, -0.2) is 23.0 Å². The van der Waals surface area contributed by atoms with Crippen LogP contribution < -0.4 is 10.1 Å². The van der Waals surface area contributed by atoms with Gasteiger partial charge in [0, 0.05) is 22.5 Å².